The summed E-state index contributed by atoms with van der Waals surface area (Å²) in [4.78, 5) is 12.2. The van der Waals surface area contributed by atoms with E-state index in [-0.39, 0.29) is 19.2 Å². The maximum Gasteiger partial charge on any atom is 0.306 e. The molecule has 4 heteroatoms. The summed E-state index contributed by atoms with van der Waals surface area (Å²) in [5, 5.41) is 9.61. The zero-order chi connectivity index (χ0) is 37.7. The van der Waals surface area contributed by atoms with Gasteiger partial charge < -0.3 is 14.6 Å². The number of hydrogen-bond acceptors (Lipinski definition) is 4. The lowest BCUT2D eigenvalue weighted by Gasteiger charge is -2.15. The maximum absolute atomic E-state index is 12.2. The van der Waals surface area contributed by atoms with Crippen molar-refractivity contribution in [2.45, 2.75) is 219 Å². The van der Waals surface area contributed by atoms with Crippen LogP contribution in [0.4, 0.5) is 0 Å². The van der Waals surface area contributed by atoms with Crippen molar-refractivity contribution in [1.29, 1.82) is 0 Å². The van der Waals surface area contributed by atoms with E-state index >= 15 is 0 Å². The van der Waals surface area contributed by atoms with Gasteiger partial charge in [0.25, 0.3) is 0 Å². The molecule has 0 amide bonds. The summed E-state index contributed by atoms with van der Waals surface area (Å²) in [6.45, 7) is 5.22. The number of carbonyl (C=O) groups is 1. The average molecular weight is 727 g/mol. The van der Waals surface area contributed by atoms with Crippen LogP contribution in [0.15, 0.2) is 60.8 Å². The molecule has 0 aliphatic heterocycles. The number of aliphatic hydroxyl groups is 1. The molecule has 52 heavy (non-hydrogen) atoms. The second-order valence-electron chi connectivity index (χ2n) is 14.7. The van der Waals surface area contributed by atoms with Gasteiger partial charge >= 0.3 is 5.97 Å². The van der Waals surface area contributed by atoms with Gasteiger partial charge in [-0.2, -0.15) is 0 Å². The van der Waals surface area contributed by atoms with Gasteiger partial charge in [-0.1, -0.05) is 209 Å². The van der Waals surface area contributed by atoms with E-state index in [4.69, 9.17) is 9.47 Å². The third-order valence-electron chi connectivity index (χ3n) is 9.61. The van der Waals surface area contributed by atoms with Crippen LogP contribution >= 0.6 is 0 Å². The van der Waals surface area contributed by atoms with Gasteiger partial charge in [0.1, 0.15) is 6.10 Å². The SMILES string of the molecule is CC/C=C\C/C=C\C/C=C\C/C=C\C/C=C\CCCCCC(=O)OC(CO)COCCCCCCCCCCCCCCCCCCCCCCC. The largest absolute Gasteiger partial charge is 0.457 e. The fourth-order valence-electron chi connectivity index (χ4n) is 6.30. The van der Waals surface area contributed by atoms with E-state index in [1.807, 2.05) is 0 Å². The molecule has 1 N–H and O–H groups in total. The molecular formula is C48H86O4. The molecule has 0 rings (SSSR count). The Bertz CT molecular complexity index is 854. The first-order valence-electron chi connectivity index (χ1n) is 22.4. The lowest BCUT2D eigenvalue weighted by molar-refractivity contribution is -0.154. The predicted octanol–water partition coefficient (Wildman–Crippen LogP) is 14.8. The highest BCUT2D eigenvalue weighted by molar-refractivity contribution is 5.69. The molecule has 0 aliphatic rings. The third-order valence-corrected chi connectivity index (χ3v) is 9.61. The van der Waals surface area contributed by atoms with E-state index in [2.05, 4.69) is 74.6 Å². The minimum atomic E-state index is -0.552. The van der Waals surface area contributed by atoms with Crippen molar-refractivity contribution in [3.8, 4) is 0 Å². The minimum absolute atomic E-state index is 0.185. The highest BCUT2D eigenvalue weighted by Gasteiger charge is 2.13. The van der Waals surface area contributed by atoms with Crippen molar-refractivity contribution >= 4 is 5.97 Å². The molecular weight excluding hydrogens is 641 g/mol. The molecule has 1 atom stereocenters. The Labute approximate surface area is 324 Å². The number of aliphatic hydroxyl groups excluding tert-OH is 1. The summed E-state index contributed by atoms with van der Waals surface area (Å²) >= 11 is 0. The molecule has 0 radical (unpaired) electrons. The molecule has 0 aromatic rings. The van der Waals surface area contributed by atoms with E-state index in [9.17, 15) is 9.90 Å². The van der Waals surface area contributed by atoms with Crippen molar-refractivity contribution < 1.29 is 19.4 Å². The molecule has 0 heterocycles. The van der Waals surface area contributed by atoms with Gasteiger partial charge in [-0.25, -0.2) is 0 Å². The van der Waals surface area contributed by atoms with Gasteiger partial charge in [0.05, 0.1) is 13.2 Å². The highest BCUT2D eigenvalue weighted by Crippen LogP contribution is 2.15. The summed E-state index contributed by atoms with van der Waals surface area (Å²) in [7, 11) is 0. The Balaban J connectivity index is 3.47. The summed E-state index contributed by atoms with van der Waals surface area (Å²) in [6.07, 6.45) is 60.0. The number of hydrogen-bond donors (Lipinski definition) is 1. The summed E-state index contributed by atoms with van der Waals surface area (Å²) in [5.74, 6) is -0.230. The Kier molecular flexibility index (Phi) is 43.6. The van der Waals surface area contributed by atoms with Gasteiger partial charge in [0, 0.05) is 13.0 Å². The molecule has 0 saturated heterocycles. The normalized spacial score (nSPS) is 12.9. The summed E-state index contributed by atoms with van der Waals surface area (Å²) in [5.41, 5.74) is 0. The van der Waals surface area contributed by atoms with Crippen molar-refractivity contribution in [1.82, 2.24) is 0 Å². The van der Waals surface area contributed by atoms with Crippen LogP contribution in [0.25, 0.3) is 0 Å². The van der Waals surface area contributed by atoms with E-state index in [1.165, 1.54) is 128 Å². The molecule has 0 fully saturated rings. The minimum Gasteiger partial charge on any atom is -0.457 e. The van der Waals surface area contributed by atoms with Crippen molar-refractivity contribution in [2.24, 2.45) is 0 Å². The lowest BCUT2D eigenvalue weighted by atomic mass is 10.0. The molecule has 302 valence electrons. The van der Waals surface area contributed by atoms with Crippen molar-refractivity contribution in [2.75, 3.05) is 19.8 Å². The number of carbonyl (C=O) groups excluding carboxylic acids is 1. The summed E-state index contributed by atoms with van der Waals surface area (Å²) < 4.78 is 11.2. The Hall–Kier alpha value is -1.91. The van der Waals surface area contributed by atoms with E-state index in [1.54, 1.807) is 0 Å². The fourth-order valence-corrected chi connectivity index (χ4v) is 6.30. The second-order valence-corrected chi connectivity index (χ2v) is 14.7. The smallest absolute Gasteiger partial charge is 0.306 e. The molecule has 0 bridgehead atoms. The van der Waals surface area contributed by atoms with Crippen molar-refractivity contribution in [3.63, 3.8) is 0 Å². The Morgan fingerprint density at radius 1 is 0.481 bits per heavy atom. The van der Waals surface area contributed by atoms with Crippen LogP contribution in [0.2, 0.25) is 0 Å². The average Bonchev–Trinajstić information content (AvgIpc) is 3.15. The van der Waals surface area contributed by atoms with Gasteiger partial charge in [-0.3, -0.25) is 4.79 Å². The second kappa shape index (κ2) is 45.2. The maximum atomic E-state index is 12.2. The number of rotatable bonds is 41. The van der Waals surface area contributed by atoms with E-state index < -0.39 is 6.10 Å². The van der Waals surface area contributed by atoms with Crippen LogP contribution in [-0.4, -0.2) is 37.0 Å². The topological polar surface area (TPSA) is 55.8 Å². The number of unbranched alkanes of at least 4 members (excludes halogenated alkanes) is 23. The first-order valence-corrected chi connectivity index (χ1v) is 22.4. The lowest BCUT2D eigenvalue weighted by Crippen LogP contribution is -2.27. The number of allylic oxidation sites excluding steroid dienone is 10. The van der Waals surface area contributed by atoms with Gasteiger partial charge in [-0.15, -0.1) is 0 Å². The van der Waals surface area contributed by atoms with Gasteiger partial charge in [0.2, 0.25) is 0 Å². The predicted molar refractivity (Wildman–Crippen MR) is 228 cm³/mol. The van der Waals surface area contributed by atoms with Crippen LogP contribution in [0.5, 0.6) is 0 Å². The first-order chi connectivity index (χ1) is 25.7. The zero-order valence-electron chi connectivity index (χ0n) is 34.6. The van der Waals surface area contributed by atoms with Crippen LogP contribution < -0.4 is 0 Å². The Morgan fingerprint density at radius 3 is 1.29 bits per heavy atom. The molecule has 0 spiro atoms. The van der Waals surface area contributed by atoms with Crippen LogP contribution in [-0.2, 0) is 14.3 Å². The molecule has 0 saturated carbocycles. The zero-order valence-corrected chi connectivity index (χ0v) is 34.6. The summed E-state index contributed by atoms with van der Waals surface area (Å²) in [6, 6.07) is 0. The standard InChI is InChI=1S/C48H86O4/c1-3-5-7-9-11-13-15-17-19-21-23-24-26-28-30-32-34-36-38-40-42-44-51-46-47(45-49)52-48(50)43-41-39-37-35-33-31-29-27-25-22-20-18-16-14-12-10-8-6-4-2/h6,8,12,14,18,20,25,27,31,33,47,49H,3-5,7,9-11,13,15-17,19,21-24,26,28-30,32,34-46H2,1-2H3/b8-6-,14-12-,20-18-,27-25-,33-31-. The highest BCUT2D eigenvalue weighted by atomic mass is 16.6. The molecule has 0 aromatic heterocycles. The molecule has 1 unspecified atom stereocenters. The van der Waals surface area contributed by atoms with Crippen LogP contribution in [0.3, 0.4) is 0 Å². The van der Waals surface area contributed by atoms with Crippen LogP contribution in [0, 0.1) is 0 Å². The number of esters is 1. The molecule has 0 aliphatic carbocycles. The van der Waals surface area contributed by atoms with E-state index in [0.29, 0.717) is 13.0 Å². The quantitative estimate of drug-likeness (QED) is 0.0387. The Morgan fingerprint density at radius 2 is 0.865 bits per heavy atom. The van der Waals surface area contributed by atoms with Gasteiger partial charge in [-0.05, 0) is 57.8 Å². The fraction of sp³-hybridized carbons (Fsp3) is 0.771. The van der Waals surface area contributed by atoms with Crippen molar-refractivity contribution in [3.05, 3.63) is 60.8 Å². The van der Waals surface area contributed by atoms with Crippen LogP contribution in [0.1, 0.15) is 213 Å². The monoisotopic (exact) mass is 727 g/mol. The van der Waals surface area contributed by atoms with E-state index in [0.717, 1.165) is 64.2 Å². The molecule has 0 aromatic carbocycles. The third kappa shape index (κ3) is 42.5. The number of ether oxygens (including phenoxy) is 2. The first kappa shape index (κ1) is 50.1. The van der Waals surface area contributed by atoms with Gasteiger partial charge in [0.15, 0.2) is 0 Å². The molecule has 4 nitrogen and oxygen atoms in total.